The monoisotopic (exact) mass is 334 g/mol. The lowest BCUT2D eigenvalue weighted by Crippen LogP contribution is -2.19. The lowest BCUT2D eigenvalue weighted by atomic mass is 10.2. The quantitative estimate of drug-likeness (QED) is 0.798. The van der Waals surface area contributed by atoms with Gasteiger partial charge in [-0.3, -0.25) is 0 Å². The van der Waals surface area contributed by atoms with E-state index in [0.717, 1.165) is 0 Å². The minimum Gasteiger partial charge on any atom is -0.478 e. The number of anilines is 2. The molecule has 5 nitrogen and oxygen atoms in total. The molecule has 0 radical (unpaired) electrons. The highest BCUT2D eigenvalue weighted by Gasteiger charge is 2.08. The smallest absolute Gasteiger partial charge is 0.335 e. The summed E-state index contributed by atoms with van der Waals surface area (Å²) in [5.74, 6) is -1.06. The van der Waals surface area contributed by atoms with Gasteiger partial charge in [0, 0.05) is 15.8 Å². The molecule has 20 heavy (non-hydrogen) atoms. The van der Waals surface area contributed by atoms with Crippen LogP contribution in [-0.4, -0.2) is 17.1 Å². The molecule has 2 aromatic rings. The average Bonchev–Trinajstić information content (AvgIpc) is 2.38. The van der Waals surface area contributed by atoms with Gasteiger partial charge in [-0.05, 0) is 30.3 Å². The van der Waals surface area contributed by atoms with Gasteiger partial charge in [0.15, 0.2) is 0 Å². The molecular formula is C14H11BrN2O3. The van der Waals surface area contributed by atoms with Crippen LogP contribution in [0, 0.1) is 0 Å². The Balaban J connectivity index is 2.10. The zero-order valence-electron chi connectivity index (χ0n) is 10.3. The number of carbonyl (C=O) groups is 2. The number of nitrogens with one attached hydrogen (secondary N) is 2. The second-order valence-corrected chi connectivity index (χ2v) is 4.89. The van der Waals surface area contributed by atoms with Crippen molar-refractivity contribution in [2.75, 3.05) is 10.6 Å². The summed E-state index contributed by atoms with van der Waals surface area (Å²) in [5.41, 5.74) is 1.14. The van der Waals surface area contributed by atoms with E-state index < -0.39 is 12.0 Å². The van der Waals surface area contributed by atoms with Crippen molar-refractivity contribution >= 4 is 39.3 Å². The van der Waals surface area contributed by atoms with E-state index in [0.29, 0.717) is 15.8 Å². The molecule has 0 bridgehead atoms. The molecule has 2 aromatic carbocycles. The molecule has 0 aliphatic heterocycles. The van der Waals surface area contributed by atoms with E-state index in [1.165, 1.54) is 12.1 Å². The van der Waals surface area contributed by atoms with E-state index in [1.807, 2.05) is 6.07 Å². The largest absolute Gasteiger partial charge is 0.478 e. The highest BCUT2D eigenvalue weighted by molar-refractivity contribution is 9.10. The molecule has 2 amide bonds. The van der Waals surface area contributed by atoms with Crippen LogP contribution in [0.4, 0.5) is 16.2 Å². The predicted molar refractivity (Wildman–Crippen MR) is 80.2 cm³/mol. The number of urea groups is 1. The maximum absolute atomic E-state index is 11.8. The Morgan fingerprint density at radius 3 is 2.25 bits per heavy atom. The van der Waals surface area contributed by atoms with E-state index in [9.17, 15) is 9.59 Å². The standard InChI is InChI=1S/C14H11BrN2O3/c15-10-6-9(13(18)19)7-12(8-10)17-14(20)16-11-4-2-1-3-5-11/h1-8H,(H,18,19)(H2,16,17,20). The van der Waals surface area contributed by atoms with Crippen LogP contribution in [0.1, 0.15) is 10.4 Å². The Labute approximate surface area is 123 Å². The molecule has 6 heteroatoms. The summed E-state index contributed by atoms with van der Waals surface area (Å²) in [5, 5.41) is 14.2. The van der Waals surface area contributed by atoms with Crippen molar-refractivity contribution < 1.29 is 14.7 Å². The maximum Gasteiger partial charge on any atom is 0.335 e. The van der Waals surface area contributed by atoms with E-state index in [2.05, 4.69) is 26.6 Å². The molecule has 0 aliphatic rings. The lowest BCUT2D eigenvalue weighted by Gasteiger charge is -2.08. The van der Waals surface area contributed by atoms with Gasteiger partial charge in [-0.25, -0.2) is 9.59 Å². The van der Waals surface area contributed by atoms with Gasteiger partial charge < -0.3 is 15.7 Å². The number of hydrogen-bond acceptors (Lipinski definition) is 2. The maximum atomic E-state index is 11.8. The summed E-state index contributed by atoms with van der Waals surface area (Å²) in [6.45, 7) is 0. The Bertz CT molecular complexity index is 644. The van der Waals surface area contributed by atoms with Crippen LogP contribution in [0.15, 0.2) is 53.0 Å². The fourth-order valence-corrected chi connectivity index (χ4v) is 2.09. The fraction of sp³-hybridized carbons (Fsp3) is 0. The number of para-hydroxylation sites is 1. The molecule has 0 saturated heterocycles. The number of rotatable bonds is 3. The molecule has 0 aromatic heterocycles. The Morgan fingerprint density at radius 1 is 0.950 bits per heavy atom. The highest BCUT2D eigenvalue weighted by Crippen LogP contribution is 2.20. The first kappa shape index (κ1) is 14.1. The van der Waals surface area contributed by atoms with E-state index in [1.54, 1.807) is 30.3 Å². The number of carboxylic acids is 1. The van der Waals surface area contributed by atoms with Crippen LogP contribution < -0.4 is 10.6 Å². The van der Waals surface area contributed by atoms with Gasteiger partial charge in [-0.2, -0.15) is 0 Å². The van der Waals surface area contributed by atoms with Crippen molar-refractivity contribution in [1.82, 2.24) is 0 Å². The number of carboxylic acid groups (broad SMARTS) is 1. The number of carbonyl (C=O) groups excluding carboxylic acids is 1. The first-order chi connectivity index (χ1) is 9.54. The zero-order valence-corrected chi connectivity index (χ0v) is 11.8. The molecular weight excluding hydrogens is 324 g/mol. The van der Waals surface area contributed by atoms with Gasteiger partial charge in [0.2, 0.25) is 0 Å². The van der Waals surface area contributed by atoms with E-state index in [4.69, 9.17) is 5.11 Å². The van der Waals surface area contributed by atoms with Gasteiger partial charge in [-0.1, -0.05) is 34.1 Å². The minimum absolute atomic E-state index is 0.0920. The van der Waals surface area contributed by atoms with E-state index >= 15 is 0 Å². The van der Waals surface area contributed by atoms with Crippen LogP contribution in [0.3, 0.4) is 0 Å². The Kier molecular flexibility index (Phi) is 4.37. The topological polar surface area (TPSA) is 78.4 Å². The van der Waals surface area contributed by atoms with Crippen LogP contribution in [0.25, 0.3) is 0 Å². The van der Waals surface area contributed by atoms with Gasteiger partial charge in [0.25, 0.3) is 0 Å². The molecule has 0 spiro atoms. The van der Waals surface area contributed by atoms with Crippen LogP contribution >= 0.6 is 15.9 Å². The number of aromatic carboxylic acids is 1. The second kappa shape index (κ2) is 6.21. The van der Waals surface area contributed by atoms with Gasteiger partial charge in [0.05, 0.1) is 5.56 Å². The number of hydrogen-bond donors (Lipinski definition) is 3. The molecule has 0 heterocycles. The van der Waals surface area contributed by atoms with Gasteiger partial charge >= 0.3 is 12.0 Å². The molecule has 3 N–H and O–H groups in total. The average molecular weight is 335 g/mol. The second-order valence-electron chi connectivity index (χ2n) is 3.98. The van der Waals surface area contributed by atoms with Gasteiger partial charge in [0.1, 0.15) is 0 Å². The third-order valence-corrected chi connectivity index (χ3v) is 2.89. The summed E-state index contributed by atoms with van der Waals surface area (Å²) in [4.78, 5) is 22.7. The number of amides is 2. The van der Waals surface area contributed by atoms with Gasteiger partial charge in [-0.15, -0.1) is 0 Å². The summed E-state index contributed by atoms with van der Waals surface area (Å²) in [6, 6.07) is 13.0. The SMILES string of the molecule is O=C(Nc1ccccc1)Nc1cc(Br)cc(C(=O)O)c1. The normalized spacial score (nSPS) is 9.85. The van der Waals surface area contributed by atoms with Crippen LogP contribution in [-0.2, 0) is 0 Å². The van der Waals surface area contributed by atoms with Crippen molar-refractivity contribution in [2.24, 2.45) is 0 Å². The number of benzene rings is 2. The third-order valence-electron chi connectivity index (χ3n) is 2.43. The van der Waals surface area contributed by atoms with Crippen LogP contribution in [0.5, 0.6) is 0 Å². The van der Waals surface area contributed by atoms with Crippen molar-refractivity contribution in [1.29, 1.82) is 0 Å². The summed E-state index contributed by atoms with van der Waals surface area (Å²) in [7, 11) is 0. The summed E-state index contributed by atoms with van der Waals surface area (Å²) in [6.07, 6.45) is 0. The highest BCUT2D eigenvalue weighted by atomic mass is 79.9. The van der Waals surface area contributed by atoms with E-state index in [-0.39, 0.29) is 5.56 Å². The number of halogens is 1. The van der Waals surface area contributed by atoms with Crippen molar-refractivity contribution in [3.8, 4) is 0 Å². The van der Waals surface area contributed by atoms with Crippen LogP contribution in [0.2, 0.25) is 0 Å². The lowest BCUT2D eigenvalue weighted by molar-refractivity contribution is 0.0697. The molecule has 0 aliphatic carbocycles. The summed E-state index contributed by atoms with van der Waals surface area (Å²) >= 11 is 3.20. The molecule has 2 rings (SSSR count). The molecule has 0 unspecified atom stereocenters. The van der Waals surface area contributed by atoms with Crippen molar-refractivity contribution in [2.45, 2.75) is 0 Å². The molecule has 0 fully saturated rings. The molecule has 0 atom stereocenters. The first-order valence-corrected chi connectivity index (χ1v) is 6.51. The zero-order chi connectivity index (χ0) is 14.5. The summed E-state index contributed by atoms with van der Waals surface area (Å²) < 4.78 is 0.576. The van der Waals surface area contributed by atoms with Crippen molar-refractivity contribution in [3.63, 3.8) is 0 Å². The van der Waals surface area contributed by atoms with Crippen molar-refractivity contribution in [3.05, 3.63) is 58.6 Å². The minimum atomic E-state index is -1.06. The molecule has 0 saturated carbocycles. The third kappa shape index (κ3) is 3.83. The Hall–Kier alpha value is -2.34. The fourth-order valence-electron chi connectivity index (χ4n) is 1.60. The predicted octanol–water partition coefficient (Wildman–Crippen LogP) is 3.79. The molecule has 102 valence electrons. The first-order valence-electron chi connectivity index (χ1n) is 5.71. The Morgan fingerprint density at radius 2 is 1.60 bits per heavy atom.